The Morgan fingerprint density at radius 3 is 2.00 bits per heavy atom. The quantitative estimate of drug-likeness (QED) is 0.650. The van der Waals surface area contributed by atoms with Crippen molar-refractivity contribution in [1.82, 2.24) is 0 Å². The molecule has 0 atom stereocenters. The molecule has 0 amide bonds. The number of hydrogen-bond acceptors (Lipinski definition) is 5. The van der Waals surface area contributed by atoms with Crippen LogP contribution in [0.4, 0.5) is 18.9 Å². The van der Waals surface area contributed by atoms with Gasteiger partial charge in [0.25, 0.3) is 9.84 Å². The summed E-state index contributed by atoms with van der Waals surface area (Å²) in [5.74, 6) is 0. The second kappa shape index (κ2) is 5.12. The number of halogens is 3. The van der Waals surface area contributed by atoms with Gasteiger partial charge in [-0.1, -0.05) is 0 Å². The fraction of sp³-hybridized carbons (Fsp3) is 0.538. The molecule has 0 saturated carbocycles. The summed E-state index contributed by atoms with van der Waals surface area (Å²) in [6.07, 6.45) is 0. The van der Waals surface area contributed by atoms with Gasteiger partial charge < -0.3 is 15.0 Å². The molecule has 2 N–H and O–H groups in total. The minimum atomic E-state index is -5.47. The first kappa shape index (κ1) is 18.1. The van der Waals surface area contributed by atoms with Crippen molar-refractivity contribution in [3.8, 4) is 0 Å². The average molecular weight is 351 g/mol. The van der Waals surface area contributed by atoms with Crippen LogP contribution >= 0.6 is 0 Å². The highest BCUT2D eigenvalue weighted by molar-refractivity contribution is 7.92. The molecule has 0 aliphatic carbocycles. The van der Waals surface area contributed by atoms with Gasteiger partial charge in [-0.15, -0.1) is 0 Å². The van der Waals surface area contributed by atoms with E-state index in [0.29, 0.717) is 0 Å². The molecule has 0 aromatic heterocycles. The lowest BCUT2D eigenvalue weighted by molar-refractivity contribution is -0.0436. The Hall–Kier alpha value is -1.26. The Morgan fingerprint density at radius 2 is 1.57 bits per heavy atom. The molecule has 1 aromatic rings. The van der Waals surface area contributed by atoms with E-state index in [2.05, 4.69) is 0 Å². The van der Waals surface area contributed by atoms with E-state index in [4.69, 9.17) is 15.0 Å². The Labute approximate surface area is 133 Å². The number of nitrogens with two attached hydrogens (primary N) is 1. The molecule has 1 fully saturated rings. The third-order valence-electron chi connectivity index (χ3n) is 4.18. The molecule has 1 aromatic carbocycles. The van der Waals surface area contributed by atoms with E-state index in [-0.39, 0.29) is 11.2 Å². The lowest BCUT2D eigenvalue weighted by atomic mass is 9.78. The van der Waals surface area contributed by atoms with Gasteiger partial charge >= 0.3 is 12.6 Å². The Morgan fingerprint density at radius 1 is 1.09 bits per heavy atom. The maximum Gasteiger partial charge on any atom is 0.501 e. The maximum atomic E-state index is 12.7. The Balaban J connectivity index is 2.49. The summed E-state index contributed by atoms with van der Waals surface area (Å²) >= 11 is 0. The highest BCUT2D eigenvalue weighted by atomic mass is 32.2. The number of anilines is 1. The van der Waals surface area contributed by atoms with Crippen molar-refractivity contribution in [2.24, 2.45) is 0 Å². The molecule has 10 heteroatoms. The molecular formula is C13H17BF3NO4S. The second-order valence-corrected chi connectivity index (χ2v) is 8.27. The summed E-state index contributed by atoms with van der Waals surface area (Å²) in [6.45, 7) is 7.05. The number of hydrogen-bond donors (Lipinski definition) is 1. The van der Waals surface area contributed by atoms with Gasteiger partial charge in [-0.25, -0.2) is 8.42 Å². The van der Waals surface area contributed by atoms with E-state index in [9.17, 15) is 21.6 Å². The minimum absolute atomic E-state index is 0.0500. The molecule has 0 bridgehead atoms. The summed E-state index contributed by atoms with van der Waals surface area (Å²) in [4.78, 5) is -0.899. The lowest BCUT2D eigenvalue weighted by Crippen LogP contribution is -2.41. The van der Waals surface area contributed by atoms with Gasteiger partial charge in [0, 0.05) is 11.2 Å². The molecule has 1 aliphatic heterocycles. The maximum absolute atomic E-state index is 12.7. The van der Waals surface area contributed by atoms with Crippen molar-refractivity contribution >= 4 is 28.1 Å². The Bertz CT molecular complexity index is 715. The molecule has 1 heterocycles. The van der Waals surface area contributed by atoms with Crippen molar-refractivity contribution in [1.29, 1.82) is 0 Å². The van der Waals surface area contributed by atoms with Crippen molar-refractivity contribution in [2.75, 3.05) is 5.73 Å². The molecule has 1 aliphatic rings. The number of nitrogen functional groups attached to an aromatic ring is 1. The molecule has 0 radical (unpaired) electrons. The average Bonchev–Trinajstić information content (AvgIpc) is 2.57. The van der Waals surface area contributed by atoms with E-state index in [0.717, 1.165) is 18.2 Å². The van der Waals surface area contributed by atoms with E-state index >= 15 is 0 Å². The van der Waals surface area contributed by atoms with Crippen LogP contribution in [0.25, 0.3) is 0 Å². The van der Waals surface area contributed by atoms with Crippen LogP contribution in [0.2, 0.25) is 0 Å². The van der Waals surface area contributed by atoms with Crippen LogP contribution in [0.15, 0.2) is 23.1 Å². The Kier molecular flexibility index (Phi) is 4.03. The second-order valence-electron chi connectivity index (χ2n) is 6.33. The van der Waals surface area contributed by atoms with Crippen LogP contribution in [0.3, 0.4) is 0 Å². The van der Waals surface area contributed by atoms with Gasteiger partial charge in [-0.3, -0.25) is 0 Å². The van der Waals surface area contributed by atoms with Gasteiger partial charge in [0.05, 0.1) is 16.1 Å². The molecule has 2 rings (SSSR count). The fourth-order valence-corrected chi connectivity index (χ4v) is 2.82. The van der Waals surface area contributed by atoms with E-state index < -0.39 is 38.6 Å². The normalized spacial score (nSPS) is 20.7. The topological polar surface area (TPSA) is 78.6 Å². The van der Waals surface area contributed by atoms with Crippen LogP contribution in [0.5, 0.6) is 0 Å². The molecule has 5 nitrogen and oxygen atoms in total. The molecule has 128 valence electrons. The first-order valence-electron chi connectivity index (χ1n) is 6.75. The first-order valence-corrected chi connectivity index (χ1v) is 8.24. The SMILES string of the molecule is CC1(C)OB(c2cc(S(=O)(=O)C(F)(F)F)ccc2N)OC1(C)C. The molecule has 23 heavy (non-hydrogen) atoms. The summed E-state index contributed by atoms with van der Waals surface area (Å²) in [5, 5.41) is 0. The zero-order valence-corrected chi connectivity index (χ0v) is 13.9. The van der Waals surface area contributed by atoms with Gasteiger partial charge in [0.2, 0.25) is 0 Å². The summed E-state index contributed by atoms with van der Waals surface area (Å²) in [5.41, 5.74) is -0.959. The summed E-state index contributed by atoms with van der Waals surface area (Å²) in [7, 11) is -6.52. The third kappa shape index (κ3) is 2.95. The molecule has 0 spiro atoms. The largest absolute Gasteiger partial charge is 0.501 e. The lowest BCUT2D eigenvalue weighted by Gasteiger charge is -2.32. The third-order valence-corrected chi connectivity index (χ3v) is 5.66. The smallest absolute Gasteiger partial charge is 0.399 e. The van der Waals surface area contributed by atoms with Crippen molar-refractivity contribution < 1.29 is 30.9 Å². The zero-order valence-electron chi connectivity index (χ0n) is 13.1. The first-order chi connectivity index (χ1) is 10.2. The van der Waals surface area contributed by atoms with Gasteiger partial charge in [-0.05, 0) is 45.9 Å². The monoisotopic (exact) mass is 351 g/mol. The van der Waals surface area contributed by atoms with E-state index in [1.165, 1.54) is 0 Å². The van der Waals surface area contributed by atoms with Crippen molar-refractivity contribution in [3.63, 3.8) is 0 Å². The summed E-state index contributed by atoms with van der Waals surface area (Å²) < 4.78 is 72.6. The van der Waals surface area contributed by atoms with Crippen LogP contribution in [0, 0.1) is 0 Å². The number of rotatable bonds is 2. The van der Waals surface area contributed by atoms with Crippen LogP contribution in [0.1, 0.15) is 27.7 Å². The predicted octanol–water partition coefficient (Wildman–Crippen LogP) is 1.86. The fourth-order valence-electron chi connectivity index (χ4n) is 2.03. The van der Waals surface area contributed by atoms with Crippen LogP contribution in [-0.4, -0.2) is 32.2 Å². The van der Waals surface area contributed by atoms with Crippen molar-refractivity contribution in [3.05, 3.63) is 18.2 Å². The minimum Gasteiger partial charge on any atom is -0.399 e. The number of sulfone groups is 1. The highest BCUT2D eigenvalue weighted by Crippen LogP contribution is 2.37. The van der Waals surface area contributed by atoms with Gasteiger partial charge in [0.1, 0.15) is 0 Å². The number of alkyl halides is 3. The van der Waals surface area contributed by atoms with E-state index in [1.807, 2.05) is 0 Å². The molecule has 1 saturated heterocycles. The predicted molar refractivity (Wildman–Crippen MR) is 79.8 cm³/mol. The van der Waals surface area contributed by atoms with Gasteiger partial charge in [0.15, 0.2) is 0 Å². The standard InChI is InChI=1S/C13H17BF3NO4S/c1-11(2)12(3,4)22-14(21-11)9-7-8(5-6-10(9)18)23(19,20)13(15,16)17/h5-7H,18H2,1-4H3. The summed E-state index contributed by atoms with van der Waals surface area (Å²) in [6, 6.07) is 2.76. The van der Waals surface area contributed by atoms with Crippen molar-refractivity contribution in [2.45, 2.75) is 49.3 Å². The molecule has 0 unspecified atom stereocenters. The van der Waals surface area contributed by atoms with E-state index in [1.54, 1.807) is 27.7 Å². The zero-order chi connectivity index (χ0) is 17.8. The van der Waals surface area contributed by atoms with Crippen LogP contribution < -0.4 is 11.2 Å². The van der Waals surface area contributed by atoms with Gasteiger partial charge in [-0.2, -0.15) is 13.2 Å². The highest BCUT2D eigenvalue weighted by Gasteiger charge is 2.53. The molecular weight excluding hydrogens is 334 g/mol. The van der Waals surface area contributed by atoms with Crippen LogP contribution in [-0.2, 0) is 19.1 Å². The number of benzene rings is 1.